The number of hydrogen-bond acceptors (Lipinski definition) is 3. The number of alkyl carbamates (subject to hydrolysis) is 1. The Morgan fingerprint density at radius 2 is 1.68 bits per heavy atom. The van der Waals surface area contributed by atoms with Gasteiger partial charge in [-0.05, 0) is 40.3 Å². The standard InChI is InChI=1S/C26H22ClNO3/c27-25-15-18(16-29)12-13-19(25)7-5-6-14-28-26(30)31-17-24-22-10-3-1-8-20(22)21-9-2-4-11-23(21)24/h1-5,7-13,15-16,24H,6,14,17H2,(H,28,30). The van der Waals surface area contributed by atoms with E-state index >= 15 is 0 Å². The van der Waals surface area contributed by atoms with Crippen LogP contribution in [0.1, 0.15) is 39.4 Å². The molecule has 0 spiro atoms. The van der Waals surface area contributed by atoms with Crippen LogP contribution >= 0.6 is 11.6 Å². The van der Waals surface area contributed by atoms with Crippen LogP contribution in [0, 0.1) is 0 Å². The molecule has 1 aliphatic carbocycles. The first-order valence-electron chi connectivity index (χ1n) is 10.2. The molecule has 0 unspecified atom stereocenters. The number of carbonyl (C=O) groups is 2. The van der Waals surface area contributed by atoms with Crippen molar-refractivity contribution in [3.05, 3.63) is 100 Å². The van der Waals surface area contributed by atoms with E-state index in [4.69, 9.17) is 16.3 Å². The Labute approximate surface area is 186 Å². The van der Waals surface area contributed by atoms with Crippen molar-refractivity contribution in [2.24, 2.45) is 0 Å². The molecule has 1 amide bonds. The average Bonchev–Trinajstić information content (AvgIpc) is 3.12. The zero-order chi connectivity index (χ0) is 21.6. The van der Waals surface area contributed by atoms with Gasteiger partial charge in [-0.3, -0.25) is 4.79 Å². The van der Waals surface area contributed by atoms with Gasteiger partial charge in [-0.25, -0.2) is 4.79 Å². The highest BCUT2D eigenvalue weighted by molar-refractivity contribution is 6.32. The Morgan fingerprint density at radius 1 is 1.00 bits per heavy atom. The number of fused-ring (bicyclic) bond motifs is 3. The molecule has 0 aliphatic heterocycles. The van der Waals surface area contributed by atoms with Gasteiger partial charge < -0.3 is 10.1 Å². The summed E-state index contributed by atoms with van der Waals surface area (Å²) in [7, 11) is 0. The van der Waals surface area contributed by atoms with E-state index in [0.717, 1.165) is 11.8 Å². The fraction of sp³-hybridized carbons (Fsp3) is 0.154. The minimum absolute atomic E-state index is 0.0505. The molecular weight excluding hydrogens is 410 g/mol. The van der Waals surface area contributed by atoms with Gasteiger partial charge in [-0.15, -0.1) is 0 Å². The molecule has 4 rings (SSSR count). The van der Waals surface area contributed by atoms with E-state index in [1.165, 1.54) is 22.3 Å². The number of benzene rings is 3. The van der Waals surface area contributed by atoms with Crippen molar-refractivity contribution < 1.29 is 14.3 Å². The van der Waals surface area contributed by atoms with Gasteiger partial charge >= 0.3 is 6.09 Å². The molecule has 156 valence electrons. The average molecular weight is 432 g/mol. The van der Waals surface area contributed by atoms with Crippen molar-refractivity contribution in [2.45, 2.75) is 12.3 Å². The highest BCUT2D eigenvalue weighted by Crippen LogP contribution is 2.44. The number of ether oxygens (including phenoxy) is 1. The fourth-order valence-electron chi connectivity index (χ4n) is 3.87. The third-order valence-electron chi connectivity index (χ3n) is 5.38. The first kappa shape index (κ1) is 20.9. The minimum Gasteiger partial charge on any atom is -0.449 e. The Morgan fingerprint density at radius 3 is 2.32 bits per heavy atom. The van der Waals surface area contributed by atoms with Crippen LogP contribution in [0.5, 0.6) is 0 Å². The van der Waals surface area contributed by atoms with Crippen molar-refractivity contribution in [2.75, 3.05) is 13.2 Å². The van der Waals surface area contributed by atoms with Gasteiger partial charge in [-0.2, -0.15) is 0 Å². The maximum atomic E-state index is 12.2. The highest BCUT2D eigenvalue weighted by Gasteiger charge is 2.28. The summed E-state index contributed by atoms with van der Waals surface area (Å²) >= 11 is 6.15. The SMILES string of the molecule is O=Cc1ccc(C=CCCNC(=O)OCC2c3ccccc3-c3ccccc32)c(Cl)c1. The van der Waals surface area contributed by atoms with Crippen LogP contribution in [0.2, 0.25) is 5.02 Å². The molecule has 0 saturated heterocycles. The summed E-state index contributed by atoms with van der Waals surface area (Å²) in [6.07, 6.45) is 4.76. The van der Waals surface area contributed by atoms with E-state index in [-0.39, 0.29) is 5.92 Å². The van der Waals surface area contributed by atoms with E-state index in [1.807, 2.05) is 36.4 Å². The summed E-state index contributed by atoms with van der Waals surface area (Å²) in [5, 5.41) is 3.30. The van der Waals surface area contributed by atoms with Gasteiger partial charge in [0.15, 0.2) is 0 Å². The monoisotopic (exact) mass is 431 g/mol. The van der Waals surface area contributed by atoms with E-state index in [2.05, 4.69) is 29.6 Å². The van der Waals surface area contributed by atoms with Gasteiger partial charge in [0.2, 0.25) is 0 Å². The maximum Gasteiger partial charge on any atom is 0.407 e. The molecule has 0 saturated carbocycles. The van der Waals surface area contributed by atoms with Crippen LogP contribution in [0.15, 0.2) is 72.8 Å². The molecule has 3 aromatic rings. The maximum absolute atomic E-state index is 12.2. The van der Waals surface area contributed by atoms with E-state index in [9.17, 15) is 9.59 Å². The third-order valence-corrected chi connectivity index (χ3v) is 5.71. The van der Waals surface area contributed by atoms with Crippen LogP contribution in [0.25, 0.3) is 17.2 Å². The molecule has 1 N–H and O–H groups in total. The normalized spacial score (nSPS) is 12.4. The number of aldehydes is 1. The summed E-state index contributed by atoms with van der Waals surface area (Å²) < 4.78 is 5.52. The first-order valence-corrected chi connectivity index (χ1v) is 10.6. The lowest BCUT2D eigenvalue weighted by Gasteiger charge is -2.14. The van der Waals surface area contributed by atoms with Gasteiger partial charge in [0.1, 0.15) is 12.9 Å². The van der Waals surface area contributed by atoms with Gasteiger partial charge in [0.05, 0.1) is 0 Å². The van der Waals surface area contributed by atoms with Gasteiger partial charge in [0.25, 0.3) is 0 Å². The van der Waals surface area contributed by atoms with Crippen molar-refractivity contribution >= 4 is 30.1 Å². The second-order valence-electron chi connectivity index (χ2n) is 7.34. The lowest BCUT2D eigenvalue weighted by atomic mass is 9.98. The summed E-state index contributed by atoms with van der Waals surface area (Å²) in [4.78, 5) is 22.9. The quantitative estimate of drug-likeness (QED) is 0.363. The summed E-state index contributed by atoms with van der Waals surface area (Å²) in [6.45, 7) is 0.756. The number of rotatable bonds is 7. The predicted molar refractivity (Wildman–Crippen MR) is 124 cm³/mol. The van der Waals surface area contributed by atoms with E-state index in [0.29, 0.717) is 30.2 Å². The molecular formula is C26H22ClNO3. The van der Waals surface area contributed by atoms with Gasteiger partial charge in [-0.1, -0.05) is 84.4 Å². The molecule has 0 heterocycles. The lowest BCUT2D eigenvalue weighted by molar-refractivity contribution is 0.112. The Kier molecular flexibility index (Phi) is 6.48. The molecule has 0 atom stereocenters. The van der Waals surface area contributed by atoms with Crippen LogP contribution in [-0.4, -0.2) is 25.5 Å². The molecule has 0 bridgehead atoms. The molecule has 3 aromatic carbocycles. The molecule has 5 heteroatoms. The third kappa shape index (κ3) is 4.70. The Hall–Kier alpha value is -3.37. The van der Waals surface area contributed by atoms with Crippen LogP contribution < -0.4 is 5.32 Å². The van der Waals surface area contributed by atoms with Gasteiger partial charge in [0, 0.05) is 23.0 Å². The number of hydrogen-bond donors (Lipinski definition) is 1. The number of carbonyl (C=O) groups excluding carboxylic acids is 2. The van der Waals surface area contributed by atoms with E-state index < -0.39 is 6.09 Å². The topological polar surface area (TPSA) is 55.4 Å². The van der Waals surface area contributed by atoms with Crippen molar-refractivity contribution in [1.29, 1.82) is 0 Å². The zero-order valence-electron chi connectivity index (χ0n) is 16.9. The van der Waals surface area contributed by atoms with Crippen molar-refractivity contribution in [3.63, 3.8) is 0 Å². The van der Waals surface area contributed by atoms with Crippen LogP contribution in [0.4, 0.5) is 4.79 Å². The molecule has 31 heavy (non-hydrogen) atoms. The second-order valence-corrected chi connectivity index (χ2v) is 7.75. The van der Waals surface area contributed by atoms with Crippen molar-refractivity contribution in [3.8, 4) is 11.1 Å². The molecule has 4 nitrogen and oxygen atoms in total. The molecule has 0 aromatic heterocycles. The number of amides is 1. The summed E-state index contributed by atoms with van der Waals surface area (Å²) in [6, 6.07) is 21.6. The molecule has 0 radical (unpaired) electrons. The largest absolute Gasteiger partial charge is 0.449 e. The Bertz CT molecular complexity index is 1090. The summed E-state index contributed by atoms with van der Waals surface area (Å²) in [5.41, 5.74) is 6.16. The lowest BCUT2D eigenvalue weighted by Crippen LogP contribution is -2.26. The highest BCUT2D eigenvalue weighted by atomic mass is 35.5. The number of nitrogens with one attached hydrogen (secondary N) is 1. The zero-order valence-corrected chi connectivity index (χ0v) is 17.6. The van der Waals surface area contributed by atoms with E-state index in [1.54, 1.807) is 18.2 Å². The second kappa shape index (κ2) is 9.63. The Balaban J connectivity index is 1.27. The van der Waals surface area contributed by atoms with Crippen LogP contribution in [-0.2, 0) is 4.74 Å². The van der Waals surface area contributed by atoms with Crippen molar-refractivity contribution in [1.82, 2.24) is 5.32 Å². The molecule has 0 fully saturated rings. The summed E-state index contributed by atoms with van der Waals surface area (Å²) in [5.74, 6) is 0.0505. The minimum atomic E-state index is -0.427. The fourth-order valence-corrected chi connectivity index (χ4v) is 4.12. The first-order chi connectivity index (χ1) is 15.2. The predicted octanol–water partition coefficient (Wildman–Crippen LogP) is 6.09. The molecule has 1 aliphatic rings. The van der Waals surface area contributed by atoms with Crippen LogP contribution in [0.3, 0.4) is 0 Å². The number of halogens is 1. The smallest absolute Gasteiger partial charge is 0.407 e.